The van der Waals surface area contributed by atoms with Crippen molar-refractivity contribution in [1.29, 1.82) is 0 Å². The molecule has 0 spiro atoms. The molecule has 2 aromatic carbocycles. The van der Waals surface area contributed by atoms with E-state index in [4.69, 9.17) is 0 Å². The van der Waals surface area contributed by atoms with Crippen LogP contribution in [0, 0.1) is 12.7 Å². The fraction of sp³-hybridized carbons (Fsp3) is 0.174. The highest BCUT2D eigenvalue weighted by molar-refractivity contribution is 6.07. The average Bonchev–Trinajstić information content (AvgIpc) is 3.16. The number of aryl methyl sites for hydroxylation is 2. The first-order chi connectivity index (χ1) is 14.4. The second-order valence-corrected chi connectivity index (χ2v) is 7.30. The Hall–Kier alpha value is -3.74. The Morgan fingerprint density at radius 2 is 1.97 bits per heavy atom. The Balaban J connectivity index is 1.63. The molecule has 0 saturated heterocycles. The molecule has 7 heteroatoms. The lowest BCUT2D eigenvalue weighted by atomic mass is 9.86. The summed E-state index contributed by atoms with van der Waals surface area (Å²) in [6.07, 6.45) is 3.28. The molecule has 1 aliphatic heterocycles. The van der Waals surface area contributed by atoms with Gasteiger partial charge in [-0.2, -0.15) is 5.10 Å². The van der Waals surface area contributed by atoms with E-state index < -0.39 is 5.92 Å². The van der Waals surface area contributed by atoms with Gasteiger partial charge in [0.05, 0.1) is 5.69 Å². The lowest BCUT2D eigenvalue weighted by Gasteiger charge is -2.24. The zero-order valence-electron chi connectivity index (χ0n) is 16.6. The van der Waals surface area contributed by atoms with E-state index in [0.29, 0.717) is 16.8 Å². The summed E-state index contributed by atoms with van der Waals surface area (Å²) in [6.45, 7) is 1.91. The van der Waals surface area contributed by atoms with E-state index in [2.05, 4.69) is 15.7 Å². The molecule has 6 nitrogen and oxygen atoms in total. The number of carbonyl (C=O) groups is 2. The van der Waals surface area contributed by atoms with Crippen LogP contribution in [0.25, 0.3) is 11.3 Å². The van der Waals surface area contributed by atoms with Crippen LogP contribution in [-0.4, -0.2) is 21.6 Å². The summed E-state index contributed by atoms with van der Waals surface area (Å²) in [5.74, 6) is -1.30. The molecule has 0 aliphatic carbocycles. The van der Waals surface area contributed by atoms with Crippen molar-refractivity contribution >= 4 is 17.5 Å². The summed E-state index contributed by atoms with van der Waals surface area (Å²) < 4.78 is 15.1. The molecule has 3 aromatic rings. The molecular formula is C23H21FN4O2. The number of hydrogen-bond acceptors (Lipinski definition) is 3. The summed E-state index contributed by atoms with van der Waals surface area (Å²) >= 11 is 0. The number of nitrogens with zero attached hydrogens (tertiary/aromatic N) is 2. The molecule has 2 heterocycles. The molecule has 2 amide bonds. The lowest BCUT2D eigenvalue weighted by molar-refractivity contribution is -0.121. The summed E-state index contributed by atoms with van der Waals surface area (Å²) in [4.78, 5) is 25.1. The molecule has 0 radical (unpaired) electrons. The predicted molar refractivity (Wildman–Crippen MR) is 112 cm³/mol. The Kier molecular flexibility index (Phi) is 5.18. The van der Waals surface area contributed by atoms with Gasteiger partial charge < -0.3 is 10.6 Å². The zero-order chi connectivity index (χ0) is 21.3. The molecule has 30 heavy (non-hydrogen) atoms. The van der Waals surface area contributed by atoms with Gasteiger partial charge in [-0.15, -0.1) is 0 Å². The maximum Gasteiger partial charge on any atom is 0.253 e. The number of nitrogens with one attached hydrogen (secondary N) is 2. The van der Waals surface area contributed by atoms with Crippen molar-refractivity contribution in [3.8, 4) is 11.3 Å². The summed E-state index contributed by atoms with van der Waals surface area (Å²) in [5, 5.41) is 9.77. The molecule has 0 bridgehead atoms. The summed E-state index contributed by atoms with van der Waals surface area (Å²) in [5.41, 5.74) is 4.58. The number of anilines is 1. The van der Waals surface area contributed by atoms with Gasteiger partial charge >= 0.3 is 0 Å². The van der Waals surface area contributed by atoms with Gasteiger partial charge in [-0.1, -0.05) is 24.3 Å². The molecule has 1 atom stereocenters. The molecule has 0 saturated carbocycles. The zero-order valence-corrected chi connectivity index (χ0v) is 16.6. The van der Waals surface area contributed by atoms with Crippen LogP contribution < -0.4 is 10.6 Å². The summed E-state index contributed by atoms with van der Waals surface area (Å²) in [6, 6.07) is 13.6. The largest absolute Gasteiger partial charge is 0.332 e. The van der Waals surface area contributed by atoms with Crippen molar-refractivity contribution in [3.63, 3.8) is 0 Å². The normalized spacial score (nSPS) is 16.0. The van der Waals surface area contributed by atoms with Gasteiger partial charge in [0.1, 0.15) is 5.82 Å². The lowest BCUT2D eigenvalue weighted by Crippen LogP contribution is -2.32. The van der Waals surface area contributed by atoms with Crippen LogP contribution in [0.1, 0.15) is 23.5 Å². The summed E-state index contributed by atoms with van der Waals surface area (Å²) in [7, 11) is 1.86. The fourth-order valence-electron chi connectivity index (χ4n) is 3.60. The topological polar surface area (TPSA) is 76.0 Å². The number of rotatable bonds is 4. The molecular weight excluding hydrogens is 383 g/mol. The van der Waals surface area contributed by atoms with Crippen LogP contribution in [-0.2, 0) is 16.6 Å². The van der Waals surface area contributed by atoms with Crippen molar-refractivity contribution in [3.05, 3.63) is 83.4 Å². The van der Waals surface area contributed by atoms with Gasteiger partial charge in [-0.05, 0) is 42.3 Å². The number of aromatic nitrogens is 2. The quantitative estimate of drug-likeness (QED) is 0.697. The Labute approximate surface area is 173 Å². The minimum Gasteiger partial charge on any atom is -0.332 e. The number of amides is 2. The third-order valence-corrected chi connectivity index (χ3v) is 5.29. The van der Waals surface area contributed by atoms with Crippen LogP contribution >= 0.6 is 0 Å². The second kappa shape index (κ2) is 7.94. The smallest absolute Gasteiger partial charge is 0.253 e. The maximum absolute atomic E-state index is 13.3. The van der Waals surface area contributed by atoms with E-state index in [0.717, 1.165) is 16.8 Å². The van der Waals surface area contributed by atoms with E-state index in [1.165, 1.54) is 18.3 Å². The van der Waals surface area contributed by atoms with Crippen LogP contribution in [0.15, 0.2) is 66.5 Å². The molecule has 0 unspecified atom stereocenters. The Morgan fingerprint density at radius 3 is 2.67 bits per heavy atom. The second-order valence-electron chi connectivity index (χ2n) is 7.30. The minimum absolute atomic E-state index is 0.124. The molecule has 0 fully saturated rings. The molecule has 152 valence electrons. The highest BCUT2D eigenvalue weighted by atomic mass is 19.1. The Bertz CT molecular complexity index is 1150. The van der Waals surface area contributed by atoms with Gasteiger partial charge in [0.25, 0.3) is 5.91 Å². The first-order valence-corrected chi connectivity index (χ1v) is 9.57. The molecule has 1 aromatic heterocycles. The third kappa shape index (κ3) is 3.87. The first kappa shape index (κ1) is 19.6. The molecule has 4 rings (SSSR count). The highest BCUT2D eigenvalue weighted by Gasteiger charge is 2.29. The van der Waals surface area contributed by atoms with E-state index in [1.807, 2.05) is 38.2 Å². The van der Waals surface area contributed by atoms with Gasteiger partial charge in [-0.25, -0.2) is 4.39 Å². The van der Waals surface area contributed by atoms with Crippen molar-refractivity contribution < 1.29 is 14.0 Å². The number of carbonyl (C=O) groups excluding carboxylic acids is 2. The molecule has 2 N–H and O–H groups in total. The van der Waals surface area contributed by atoms with Crippen molar-refractivity contribution in [2.75, 3.05) is 5.32 Å². The standard InChI is InChI=1S/C23H21FN4O2/c1-14-3-4-16(21-9-10-26-28(21)2)11-20(14)27-23(30)19-13-25-22(29)12-18(19)15-5-7-17(24)8-6-15/h3-11,13,18H,12H2,1-2H3,(H,25,29)(H,27,30)/t18-/m0/s1. The SMILES string of the molecule is Cc1ccc(-c2ccnn2C)cc1NC(=O)C1=CNC(=O)C[C@H]1c1ccc(F)cc1. The predicted octanol–water partition coefficient (Wildman–Crippen LogP) is 3.66. The van der Waals surface area contributed by atoms with Gasteiger partial charge in [0.15, 0.2) is 0 Å². The van der Waals surface area contributed by atoms with E-state index >= 15 is 0 Å². The Morgan fingerprint density at radius 1 is 1.20 bits per heavy atom. The fourth-order valence-corrected chi connectivity index (χ4v) is 3.60. The van der Waals surface area contributed by atoms with E-state index in [1.54, 1.807) is 23.0 Å². The number of halogens is 1. The van der Waals surface area contributed by atoms with Crippen LogP contribution in [0.3, 0.4) is 0 Å². The van der Waals surface area contributed by atoms with Crippen molar-refractivity contribution in [1.82, 2.24) is 15.1 Å². The van der Waals surface area contributed by atoms with Gasteiger partial charge in [0.2, 0.25) is 5.91 Å². The number of hydrogen-bond donors (Lipinski definition) is 2. The first-order valence-electron chi connectivity index (χ1n) is 9.57. The minimum atomic E-state index is -0.445. The van der Waals surface area contributed by atoms with Crippen molar-refractivity contribution in [2.24, 2.45) is 7.05 Å². The maximum atomic E-state index is 13.3. The van der Waals surface area contributed by atoms with E-state index in [-0.39, 0.29) is 24.1 Å². The highest BCUT2D eigenvalue weighted by Crippen LogP contribution is 2.32. The van der Waals surface area contributed by atoms with Crippen LogP contribution in [0.4, 0.5) is 10.1 Å². The average molecular weight is 404 g/mol. The van der Waals surface area contributed by atoms with Gasteiger partial charge in [0, 0.05) is 48.6 Å². The monoisotopic (exact) mass is 404 g/mol. The number of benzene rings is 2. The van der Waals surface area contributed by atoms with E-state index in [9.17, 15) is 14.0 Å². The van der Waals surface area contributed by atoms with Gasteiger partial charge in [-0.3, -0.25) is 14.3 Å². The van der Waals surface area contributed by atoms with Crippen molar-refractivity contribution in [2.45, 2.75) is 19.3 Å². The molecule has 1 aliphatic rings. The van der Waals surface area contributed by atoms with Crippen LogP contribution in [0.2, 0.25) is 0 Å². The van der Waals surface area contributed by atoms with Crippen LogP contribution in [0.5, 0.6) is 0 Å². The third-order valence-electron chi connectivity index (χ3n) is 5.29.